The number of rotatable bonds is 4. The number of hydrogen-bond donors (Lipinski definition) is 1. The summed E-state index contributed by atoms with van der Waals surface area (Å²) in [4.78, 5) is 10.9. The van der Waals surface area contributed by atoms with Crippen LogP contribution in [0, 0.1) is 6.92 Å². The van der Waals surface area contributed by atoms with Crippen molar-refractivity contribution in [2.75, 3.05) is 11.9 Å². The summed E-state index contributed by atoms with van der Waals surface area (Å²) < 4.78 is 0. The predicted molar refractivity (Wildman–Crippen MR) is 91.4 cm³/mol. The number of fused-ring (bicyclic) bond motifs is 1. The van der Waals surface area contributed by atoms with Gasteiger partial charge in [0.15, 0.2) is 0 Å². The highest BCUT2D eigenvalue weighted by atomic mass is 35.5. The van der Waals surface area contributed by atoms with Crippen LogP contribution in [0.1, 0.15) is 18.2 Å². The van der Waals surface area contributed by atoms with Crippen LogP contribution in [0.15, 0.2) is 30.3 Å². The smallest absolute Gasteiger partial charge is 0.225 e. The summed E-state index contributed by atoms with van der Waals surface area (Å²) in [6.07, 6.45) is 1.03. The first-order valence-corrected chi connectivity index (χ1v) is 8.16. The molecule has 0 atom stereocenters. The molecule has 108 valence electrons. The van der Waals surface area contributed by atoms with Crippen molar-refractivity contribution in [2.24, 2.45) is 0 Å². The van der Waals surface area contributed by atoms with Gasteiger partial charge in [0.05, 0.1) is 5.39 Å². The standard InChI is InChI=1S/C16H16ClN3S/c1-3-9-18-14-13-12(11-7-5-4-6-8-11)10(2)21-15(13)20-16(17)19-14/h4-8H,3,9H2,1-2H3,(H,18,19,20). The summed E-state index contributed by atoms with van der Waals surface area (Å²) in [5.74, 6) is 0.829. The van der Waals surface area contributed by atoms with Gasteiger partial charge >= 0.3 is 0 Å². The molecule has 0 aliphatic carbocycles. The number of aromatic nitrogens is 2. The fourth-order valence-electron chi connectivity index (χ4n) is 2.41. The van der Waals surface area contributed by atoms with E-state index >= 15 is 0 Å². The molecule has 0 saturated carbocycles. The molecule has 1 aromatic carbocycles. The molecule has 21 heavy (non-hydrogen) atoms. The number of benzene rings is 1. The van der Waals surface area contributed by atoms with Crippen LogP contribution >= 0.6 is 22.9 Å². The zero-order valence-electron chi connectivity index (χ0n) is 12.0. The molecule has 3 rings (SSSR count). The Balaban J connectivity index is 2.26. The van der Waals surface area contributed by atoms with Gasteiger partial charge in [-0.2, -0.15) is 0 Å². The molecule has 2 aromatic heterocycles. The monoisotopic (exact) mass is 317 g/mol. The number of aryl methyl sites for hydroxylation is 1. The van der Waals surface area contributed by atoms with Crippen molar-refractivity contribution in [2.45, 2.75) is 20.3 Å². The minimum absolute atomic E-state index is 0.293. The maximum Gasteiger partial charge on any atom is 0.225 e. The van der Waals surface area contributed by atoms with Crippen molar-refractivity contribution in [1.82, 2.24) is 9.97 Å². The number of anilines is 1. The van der Waals surface area contributed by atoms with Crippen LogP contribution in [-0.4, -0.2) is 16.5 Å². The minimum Gasteiger partial charge on any atom is -0.369 e. The third-order valence-corrected chi connectivity index (χ3v) is 4.47. The van der Waals surface area contributed by atoms with Gasteiger partial charge in [-0.15, -0.1) is 11.3 Å². The lowest BCUT2D eigenvalue weighted by atomic mass is 10.0. The van der Waals surface area contributed by atoms with Crippen molar-refractivity contribution in [3.8, 4) is 11.1 Å². The molecule has 0 fully saturated rings. The molecule has 1 N–H and O–H groups in total. The van der Waals surface area contributed by atoms with E-state index in [1.165, 1.54) is 16.0 Å². The summed E-state index contributed by atoms with van der Waals surface area (Å²) >= 11 is 7.71. The van der Waals surface area contributed by atoms with Crippen LogP contribution in [0.3, 0.4) is 0 Å². The van der Waals surface area contributed by atoms with Crippen molar-refractivity contribution in [3.63, 3.8) is 0 Å². The Morgan fingerprint density at radius 1 is 1.19 bits per heavy atom. The number of hydrogen-bond acceptors (Lipinski definition) is 4. The lowest BCUT2D eigenvalue weighted by molar-refractivity contribution is 0.970. The molecule has 0 spiro atoms. The molecule has 3 aromatic rings. The number of thiophene rings is 1. The second kappa shape index (κ2) is 6.00. The van der Waals surface area contributed by atoms with Gasteiger partial charge in [-0.3, -0.25) is 0 Å². The molecular formula is C16H16ClN3S. The average Bonchev–Trinajstić information content (AvgIpc) is 2.81. The highest BCUT2D eigenvalue weighted by Crippen LogP contribution is 2.40. The fourth-order valence-corrected chi connectivity index (χ4v) is 3.67. The van der Waals surface area contributed by atoms with Gasteiger partial charge in [-0.25, -0.2) is 9.97 Å². The van der Waals surface area contributed by atoms with Crippen LogP contribution in [0.4, 0.5) is 5.82 Å². The second-order valence-corrected chi connectivity index (χ2v) is 6.39. The Labute approximate surface area is 133 Å². The van der Waals surface area contributed by atoms with E-state index in [1.807, 2.05) is 18.2 Å². The Kier molecular flexibility index (Phi) is 4.08. The molecule has 0 saturated heterocycles. The minimum atomic E-state index is 0.293. The SMILES string of the molecule is CCCNc1nc(Cl)nc2sc(C)c(-c3ccccc3)c12. The zero-order chi connectivity index (χ0) is 14.8. The van der Waals surface area contributed by atoms with Gasteiger partial charge in [-0.1, -0.05) is 37.3 Å². The van der Waals surface area contributed by atoms with Crippen LogP contribution in [0.5, 0.6) is 0 Å². The third kappa shape index (κ3) is 2.74. The summed E-state index contributed by atoms with van der Waals surface area (Å²) in [6, 6.07) is 10.4. The maximum absolute atomic E-state index is 6.05. The first-order chi connectivity index (χ1) is 10.2. The molecule has 0 unspecified atom stereocenters. The van der Waals surface area contributed by atoms with Crippen LogP contribution < -0.4 is 5.32 Å². The van der Waals surface area contributed by atoms with Crippen LogP contribution in [-0.2, 0) is 0 Å². The molecule has 0 aliphatic rings. The zero-order valence-corrected chi connectivity index (χ0v) is 13.6. The Morgan fingerprint density at radius 2 is 1.95 bits per heavy atom. The summed E-state index contributed by atoms with van der Waals surface area (Å²) in [7, 11) is 0. The lowest BCUT2D eigenvalue weighted by Gasteiger charge is -2.08. The molecule has 0 bridgehead atoms. The van der Waals surface area contributed by atoms with Gasteiger partial charge in [0.2, 0.25) is 5.28 Å². The summed E-state index contributed by atoms with van der Waals surface area (Å²) in [5, 5.41) is 4.74. The van der Waals surface area contributed by atoms with Gasteiger partial charge in [-0.05, 0) is 30.5 Å². The number of nitrogens with one attached hydrogen (secondary N) is 1. The van der Waals surface area contributed by atoms with E-state index in [1.54, 1.807) is 11.3 Å². The Morgan fingerprint density at radius 3 is 2.67 bits per heavy atom. The first-order valence-electron chi connectivity index (χ1n) is 6.96. The van der Waals surface area contributed by atoms with E-state index in [0.29, 0.717) is 5.28 Å². The van der Waals surface area contributed by atoms with Crippen LogP contribution in [0.25, 0.3) is 21.3 Å². The van der Waals surface area contributed by atoms with E-state index in [0.717, 1.165) is 29.0 Å². The van der Waals surface area contributed by atoms with Gasteiger partial charge < -0.3 is 5.32 Å². The molecular weight excluding hydrogens is 302 g/mol. The highest BCUT2D eigenvalue weighted by Gasteiger charge is 2.17. The highest BCUT2D eigenvalue weighted by molar-refractivity contribution is 7.19. The van der Waals surface area contributed by atoms with Gasteiger partial charge in [0.25, 0.3) is 0 Å². The van der Waals surface area contributed by atoms with Gasteiger partial charge in [0, 0.05) is 17.0 Å². The van der Waals surface area contributed by atoms with Crippen molar-refractivity contribution in [3.05, 3.63) is 40.5 Å². The molecule has 2 heterocycles. The van der Waals surface area contributed by atoms with Crippen molar-refractivity contribution >= 4 is 39.0 Å². The summed E-state index contributed by atoms with van der Waals surface area (Å²) in [6.45, 7) is 5.11. The summed E-state index contributed by atoms with van der Waals surface area (Å²) in [5.41, 5.74) is 2.39. The van der Waals surface area contributed by atoms with Gasteiger partial charge in [0.1, 0.15) is 10.6 Å². The van der Waals surface area contributed by atoms with E-state index in [4.69, 9.17) is 11.6 Å². The normalized spacial score (nSPS) is 11.0. The Hall–Kier alpha value is -1.65. The third-order valence-electron chi connectivity index (χ3n) is 3.31. The quantitative estimate of drug-likeness (QED) is 0.677. The molecule has 0 radical (unpaired) electrons. The fraction of sp³-hybridized carbons (Fsp3) is 0.250. The largest absolute Gasteiger partial charge is 0.369 e. The number of halogens is 1. The molecule has 0 aliphatic heterocycles. The van der Waals surface area contributed by atoms with Crippen molar-refractivity contribution in [1.29, 1.82) is 0 Å². The van der Waals surface area contributed by atoms with Crippen LogP contribution in [0.2, 0.25) is 5.28 Å². The second-order valence-electron chi connectivity index (χ2n) is 4.85. The Bertz CT molecular complexity index is 768. The maximum atomic E-state index is 6.05. The average molecular weight is 318 g/mol. The topological polar surface area (TPSA) is 37.8 Å². The number of nitrogens with zero attached hydrogens (tertiary/aromatic N) is 2. The lowest BCUT2D eigenvalue weighted by Crippen LogP contribution is -2.03. The van der Waals surface area contributed by atoms with E-state index in [2.05, 4.69) is 41.3 Å². The predicted octanol–water partition coefficient (Wildman–Crippen LogP) is 5.14. The first kappa shape index (κ1) is 14.3. The van der Waals surface area contributed by atoms with Crippen molar-refractivity contribution < 1.29 is 0 Å². The van der Waals surface area contributed by atoms with E-state index in [-0.39, 0.29) is 0 Å². The molecule has 0 amide bonds. The molecule has 3 nitrogen and oxygen atoms in total. The molecule has 5 heteroatoms. The van der Waals surface area contributed by atoms with E-state index < -0.39 is 0 Å². The van der Waals surface area contributed by atoms with E-state index in [9.17, 15) is 0 Å².